The van der Waals surface area contributed by atoms with Crippen LogP contribution in [0.2, 0.25) is 0 Å². The van der Waals surface area contributed by atoms with Crippen LogP contribution < -0.4 is 15.2 Å². The van der Waals surface area contributed by atoms with Crippen molar-refractivity contribution in [2.45, 2.75) is 31.8 Å². The van der Waals surface area contributed by atoms with E-state index < -0.39 is 0 Å². The predicted octanol–water partition coefficient (Wildman–Crippen LogP) is 2.65. The van der Waals surface area contributed by atoms with Gasteiger partial charge in [-0.15, -0.1) is 0 Å². The van der Waals surface area contributed by atoms with E-state index >= 15 is 0 Å². The monoisotopic (exact) mass is 396 g/mol. The molecule has 7 heteroatoms. The predicted molar refractivity (Wildman–Crippen MR) is 111 cm³/mol. The maximum Gasteiger partial charge on any atom is 0.258 e. The van der Waals surface area contributed by atoms with Crippen molar-refractivity contribution in [2.24, 2.45) is 0 Å². The number of hydrogen-bond acceptors (Lipinski definition) is 6. The molecule has 7 nitrogen and oxygen atoms in total. The Labute approximate surface area is 171 Å². The van der Waals surface area contributed by atoms with Gasteiger partial charge in [0.15, 0.2) is 0 Å². The Morgan fingerprint density at radius 2 is 2.03 bits per heavy atom. The average molecular weight is 396 g/mol. The first kappa shape index (κ1) is 19.5. The number of ether oxygens (including phenoxy) is 2. The van der Waals surface area contributed by atoms with Crippen molar-refractivity contribution in [2.75, 3.05) is 40.1 Å². The lowest BCUT2D eigenvalue weighted by molar-refractivity contribution is 0.0734. The van der Waals surface area contributed by atoms with Crippen molar-refractivity contribution in [1.29, 1.82) is 0 Å². The van der Waals surface area contributed by atoms with Crippen LogP contribution in [0.4, 0.5) is 5.82 Å². The minimum Gasteiger partial charge on any atom is -0.497 e. The molecule has 1 aromatic carbocycles. The largest absolute Gasteiger partial charge is 0.497 e. The Kier molecular flexibility index (Phi) is 5.32. The molecule has 2 aliphatic rings. The fraction of sp³-hybridized carbons (Fsp3) is 0.455. The molecule has 1 atom stereocenters. The summed E-state index contributed by atoms with van der Waals surface area (Å²) in [4.78, 5) is 22.2. The van der Waals surface area contributed by atoms with Crippen LogP contribution in [0.25, 0.3) is 0 Å². The van der Waals surface area contributed by atoms with E-state index in [0.717, 1.165) is 60.7 Å². The zero-order chi connectivity index (χ0) is 20.5. The summed E-state index contributed by atoms with van der Waals surface area (Å²) in [5.41, 5.74) is 9.76. The quantitative estimate of drug-likeness (QED) is 0.856. The summed E-state index contributed by atoms with van der Waals surface area (Å²) in [5, 5.41) is 0. The Bertz CT molecular complexity index is 931. The number of nitrogens with two attached hydrogens (primary N) is 1. The minimum atomic E-state index is -0.0781. The number of hydrogen-bond donors (Lipinski definition) is 1. The highest BCUT2D eigenvalue weighted by atomic mass is 16.5. The molecule has 1 aromatic heterocycles. The lowest BCUT2D eigenvalue weighted by Crippen LogP contribution is -2.33. The number of carbonyl (C=O) groups excluding carboxylic acids is 1. The van der Waals surface area contributed by atoms with Crippen molar-refractivity contribution >= 4 is 11.7 Å². The van der Waals surface area contributed by atoms with E-state index in [0.29, 0.717) is 17.9 Å². The number of anilines is 1. The average Bonchev–Trinajstić information content (AvgIpc) is 3.22. The number of pyridine rings is 1. The summed E-state index contributed by atoms with van der Waals surface area (Å²) in [6.07, 6.45) is 2.66. The zero-order valence-electron chi connectivity index (χ0n) is 17.3. The van der Waals surface area contributed by atoms with Gasteiger partial charge in [-0.05, 0) is 49.7 Å². The van der Waals surface area contributed by atoms with Gasteiger partial charge < -0.3 is 25.0 Å². The van der Waals surface area contributed by atoms with Gasteiger partial charge in [-0.1, -0.05) is 0 Å². The van der Waals surface area contributed by atoms with Gasteiger partial charge in [-0.2, -0.15) is 0 Å². The van der Waals surface area contributed by atoms with Crippen molar-refractivity contribution in [3.63, 3.8) is 0 Å². The number of benzene rings is 1. The normalized spacial score (nSPS) is 19.1. The molecule has 0 unspecified atom stereocenters. The summed E-state index contributed by atoms with van der Waals surface area (Å²) in [6, 6.07) is 7.57. The van der Waals surface area contributed by atoms with Crippen LogP contribution in [0.5, 0.6) is 11.5 Å². The molecule has 2 aromatic rings. The maximum atomic E-state index is 13.5. The van der Waals surface area contributed by atoms with E-state index in [1.165, 1.54) is 0 Å². The van der Waals surface area contributed by atoms with Crippen LogP contribution in [0, 0.1) is 0 Å². The number of likely N-dealkylation sites (N-methyl/N-ethyl adjacent to an activating group) is 1. The van der Waals surface area contributed by atoms with Gasteiger partial charge in [0.25, 0.3) is 5.91 Å². The van der Waals surface area contributed by atoms with E-state index in [-0.39, 0.29) is 11.9 Å². The van der Waals surface area contributed by atoms with Crippen molar-refractivity contribution in [3.8, 4) is 11.5 Å². The highest BCUT2D eigenvalue weighted by molar-refractivity contribution is 5.99. The molecule has 154 valence electrons. The molecule has 1 amide bonds. The minimum absolute atomic E-state index is 0.0709. The number of aromatic nitrogens is 1. The molecule has 3 heterocycles. The smallest absolute Gasteiger partial charge is 0.258 e. The Morgan fingerprint density at radius 3 is 2.79 bits per heavy atom. The molecule has 1 saturated heterocycles. The topological polar surface area (TPSA) is 80.9 Å². The Hall–Kier alpha value is -2.80. The molecule has 0 bridgehead atoms. The molecule has 0 saturated carbocycles. The number of nitrogens with zero attached hydrogens (tertiary/aromatic N) is 3. The van der Waals surface area contributed by atoms with Gasteiger partial charge in [-0.3, -0.25) is 4.79 Å². The second-order valence-electron chi connectivity index (χ2n) is 7.78. The van der Waals surface area contributed by atoms with Crippen molar-refractivity contribution < 1.29 is 14.3 Å². The van der Waals surface area contributed by atoms with E-state index in [9.17, 15) is 4.79 Å². The third-order valence-corrected chi connectivity index (χ3v) is 5.93. The number of fused-ring (bicyclic) bond motifs is 1. The van der Waals surface area contributed by atoms with Crippen LogP contribution in [0.3, 0.4) is 0 Å². The molecule has 2 N–H and O–H groups in total. The zero-order valence-corrected chi connectivity index (χ0v) is 17.3. The van der Waals surface area contributed by atoms with Gasteiger partial charge in [0.05, 0.1) is 25.8 Å². The highest BCUT2D eigenvalue weighted by Crippen LogP contribution is 2.40. The highest BCUT2D eigenvalue weighted by Gasteiger charge is 2.34. The van der Waals surface area contributed by atoms with Crippen LogP contribution in [-0.4, -0.2) is 55.0 Å². The summed E-state index contributed by atoms with van der Waals surface area (Å²) >= 11 is 0. The fourth-order valence-corrected chi connectivity index (χ4v) is 4.39. The van der Waals surface area contributed by atoms with Crippen LogP contribution >= 0.6 is 0 Å². The number of likely N-dealkylation sites (tertiary alicyclic amines) is 1. The molecule has 29 heavy (non-hydrogen) atoms. The number of methoxy groups -OCH3 is 2. The summed E-state index contributed by atoms with van der Waals surface area (Å²) < 4.78 is 11.0. The fourth-order valence-electron chi connectivity index (χ4n) is 4.39. The molecule has 1 fully saturated rings. The second kappa shape index (κ2) is 7.91. The Morgan fingerprint density at radius 1 is 1.21 bits per heavy atom. The van der Waals surface area contributed by atoms with Crippen LogP contribution in [-0.2, 0) is 13.0 Å². The summed E-state index contributed by atoms with van der Waals surface area (Å²) in [5.74, 6) is 1.76. The van der Waals surface area contributed by atoms with Gasteiger partial charge in [0, 0.05) is 37.3 Å². The number of amides is 1. The van der Waals surface area contributed by atoms with Gasteiger partial charge in [0.1, 0.15) is 17.3 Å². The molecule has 2 aliphatic heterocycles. The third kappa shape index (κ3) is 3.62. The molecule has 0 aliphatic carbocycles. The van der Waals surface area contributed by atoms with E-state index in [4.69, 9.17) is 15.2 Å². The summed E-state index contributed by atoms with van der Waals surface area (Å²) in [6.45, 7) is 2.42. The lowest BCUT2D eigenvalue weighted by atomic mass is 10.0. The standard InChI is InChI=1S/C22H28N4O3/c1-25-10-8-18-14(13-25)11-17(21(23)24-18)22(27)26-9-4-5-19(26)16-12-15(28-2)6-7-20(16)29-3/h6-7,11-12,19H,4-5,8-10,13H2,1-3H3,(H2,23,24)/t19-/m1/s1. The summed E-state index contributed by atoms with van der Waals surface area (Å²) in [7, 11) is 5.36. The van der Waals surface area contributed by atoms with Crippen molar-refractivity contribution in [1.82, 2.24) is 14.8 Å². The lowest BCUT2D eigenvalue weighted by Gasteiger charge is -2.28. The van der Waals surface area contributed by atoms with E-state index in [2.05, 4.69) is 16.9 Å². The number of rotatable bonds is 4. The van der Waals surface area contributed by atoms with Gasteiger partial charge in [0.2, 0.25) is 0 Å². The second-order valence-corrected chi connectivity index (χ2v) is 7.78. The molecule has 0 radical (unpaired) electrons. The van der Waals surface area contributed by atoms with Gasteiger partial charge in [-0.25, -0.2) is 4.98 Å². The van der Waals surface area contributed by atoms with E-state index in [1.54, 1.807) is 14.2 Å². The van der Waals surface area contributed by atoms with Gasteiger partial charge >= 0.3 is 0 Å². The Balaban J connectivity index is 1.68. The number of carbonyl (C=O) groups is 1. The number of nitrogen functional groups attached to an aromatic ring is 1. The molecular weight excluding hydrogens is 368 g/mol. The van der Waals surface area contributed by atoms with Crippen molar-refractivity contribution in [3.05, 3.63) is 46.6 Å². The molecule has 4 rings (SSSR count). The molecule has 0 spiro atoms. The first-order valence-corrected chi connectivity index (χ1v) is 10.0. The van der Waals surface area contributed by atoms with Crippen LogP contribution in [0.1, 0.15) is 46.1 Å². The first-order chi connectivity index (χ1) is 14.0. The molecular formula is C22H28N4O3. The first-order valence-electron chi connectivity index (χ1n) is 10.0. The maximum absolute atomic E-state index is 13.5. The van der Waals surface area contributed by atoms with E-state index in [1.807, 2.05) is 29.2 Å². The third-order valence-electron chi connectivity index (χ3n) is 5.93. The SMILES string of the molecule is COc1ccc(OC)c([C@H]2CCCN2C(=O)c2cc3c(nc2N)CCN(C)C3)c1. The van der Waals surface area contributed by atoms with Crippen LogP contribution in [0.15, 0.2) is 24.3 Å².